The summed E-state index contributed by atoms with van der Waals surface area (Å²) >= 11 is 1.50. The van der Waals surface area contributed by atoms with Gasteiger partial charge in [-0.25, -0.2) is 9.78 Å². The maximum Gasteiger partial charge on any atom is 0.408 e. The van der Waals surface area contributed by atoms with E-state index in [9.17, 15) is 9.59 Å². The summed E-state index contributed by atoms with van der Waals surface area (Å²) in [6.45, 7) is 6.56. The maximum atomic E-state index is 13.0. The number of rotatable bonds is 8. The zero-order chi connectivity index (χ0) is 23.9. The number of hydrogen-bond acceptors (Lipinski definition) is 6. The highest BCUT2D eigenvalue weighted by Crippen LogP contribution is 2.29. The van der Waals surface area contributed by atoms with Crippen molar-refractivity contribution in [1.82, 2.24) is 15.2 Å². The number of amides is 2. The number of thiazole rings is 1. The molecule has 1 atom stereocenters. The molecular weight excluding hydrogens is 448 g/mol. The standard InChI is InChI=1S/C26H30N4O3S/c1-18(2)23(28-26(32)33-17-20-11-7-4-8-12-20)24(31)29-25-27-21-13-14-30(16-22(21)34-25)15-19-9-5-3-6-10-19/h3-12,18,23H,13-17H2,1-2H3,(H,28,32)(H,27,29,31)/t23-/m0/s1. The average Bonchev–Trinajstić information content (AvgIpc) is 3.23. The molecule has 3 aromatic rings. The second kappa shape index (κ2) is 11.3. The van der Waals surface area contributed by atoms with E-state index in [0.717, 1.165) is 37.3 Å². The van der Waals surface area contributed by atoms with Crippen LogP contribution in [0.3, 0.4) is 0 Å². The van der Waals surface area contributed by atoms with Crippen LogP contribution < -0.4 is 10.6 Å². The maximum absolute atomic E-state index is 13.0. The van der Waals surface area contributed by atoms with E-state index >= 15 is 0 Å². The number of fused-ring (bicyclic) bond motifs is 1. The first kappa shape index (κ1) is 23.9. The number of carbonyl (C=O) groups excluding carboxylic acids is 2. The lowest BCUT2D eigenvalue weighted by Crippen LogP contribution is -2.47. The molecule has 1 aliphatic rings. The molecule has 2 heterocycles. The second-order valence-corrected chi connectivity index (χ2v) is 9.84. The van der Waals surface area contributed by atoms with Crippen molar-refractivity contribution < 1.29 is 14.3 Å². The Morgan fingerprint density at radius 2 is 1.74 bits per heavy atom. The Balaban J connectivity index is 1.32. The molecule has 2 amide bonds. The van der Waals surface area contributed by atoms with Crippen LogP contribution in [0.4, 0.5) is 9.93 Å². The van der Waals surface area contributed by atoms with Crippen LogP contribution in [-0.4, -0.2) is 34.5 Å². The first-order valence-electron chi connectivity index (χ1n) is 11.5. The molecule has 0 radical (unpaired) electrons. The molecule has 7 nitrogen and oxygen atoms in total. The van der Waals surface area contributed by atoms with Crippen LogP contribution in [0, 0.1) is 5.92 Å². The Morgan fingerprint density at radius 3 is 2.41 bits per heavy atom. The van der Waals surface area contributed by atoms with Gasteiger partial charge in [0.1, 0.15) is 12.6 Å². The molecule has 2 N–H and O–H groups in total. The predicted octanol–water partition coefficient (Wildman–Crippen LogP) is 4.59. The third-order valence-corrected chi connectivity index (χ3v) is 6.72. The number of hydrogen-bond donors (Lipinski definition) is 2. The molecule has 34 heavy (non-hydrogen) atoms. The first-order chi connectivity index (χ1) is 16.5. The van der Waals surface area contributed by atoms with Crippen molar-refractivity contribution in [2.45, 2.75) is 46.0 Å². The summed E-state index contributed by atoms with van der Waals surface area (Å²) in [4.78, 5) is 33.5. The molecule has 1 aliphatic heterocycles. The van der Waals surface area contributed by atoms with E-state index < -0.39 is 12.1 Å². The number of benzene rings is 2. The van der Waals surface area contributed by atoms with Crippen LogP contribution in [0.2, 0.25) is 0 Å². The van der Waals surface area contributed by atoms with Gasteiger partial charge in [-0.2, -0.15) is 0 Å². The molecule has 8 heteroatoms. The summed E-state index contributed by atoms with van der Waals surface area (Å²) in [5.74, 6) is -0.404. The van der Waals surface area contributed by atoms with Crippen LogP contribution in [0.15, 0.2) is 60.7 Å². The smallest absolute Gasteiger partial charge is 0.408 e. The van der Waals surface area contributed by atoms with E-state index in [1.54, 1.807) is 0 Å². The Bertz CT molecular complexity index is 1100. The number of ether oxygens (including phenoxy) is 1. The van der Waals surface area contributed by atoms with Crippen molar-refractivity contribution >= 4 is 28.5 Å². The zero-order valence-corrected chi connectivity index (χ0v) is 20.3. The van der Waals surface area contributed by atoms with Crippen molar-refractivity contribution in [3.8, 4) is 0 Å². The Kier molecular flexibility index (Phi) is 7.92. The molecule has 1 aromatic heterocycles. The highest BCUT2D eigenvalue weighted by molar-refractivity contribution is 7.15. The second-order valence-electron chi connectivity index (χ2n) is 8.75. The monoisotopic (exact) mass is 478 g/mol. The van der Waals surface area contributed by atoms with Gasteiger partial charge in [0.2, 0.25) is 5.91 Å². The Morgan fingerprint density at radius 1 is 1.06 bits per heavy atom. The van der Waals surface area contributed by atoms with Gasteiger partial charge in [-0.05, 0) is 17.0 Å². The topological polar surface area (TPSA) is 83.6 Å². The molecule has 178 valence electrons. The summed E-state index contributed by atoms with van der Waals surface area (Å²) in [6.07, 6.45) is 0.236. The third kappa shape index (κ3) is 6.42. The molecule has 4 rings (SSSR count). The van der Waals surface area contributed by atoms with E-state index in [4.69, 9.17) is 4.74 Å². The van der Waals surface area contributed by atoms with Crippen molar-refractivity contribution in [1.29, 1.82) is 0 Å². The van der Waals surface area contributed by atoms with E-state index in [0.29, 0.717) is 5.13 Å². The van der Waals surface area contributed by atoms with Crippen LogP contribution in [-0.2, 0) is 35.6 Å². The van der Waals surface area contributed by atoms with Crippen molar-refractivity contribution in [3.05, 3.63) is 82.4 Å². The van der Waals surface area contributed by atoms with Crippen LogP contribution in [0.5, 0.6) is 0 Å². The molecule has 0 spiro atoms. The van der Waals surface area contributed by atoms with E-state index in [1.807, 2.05) is 50.2 Å². The molecule has 0 saturated heterocycles. The lowest BCUT2D eigenvalue weighted by atomic mass is 10.0. The fourth-order valence-electron chi connectivity index (χ4n) is 3.89. The predicted molar refractivity (Wildman–Crippen MR) is 133 cm³/mol. The van der Waals surface area contributed by atoms with E-state index in [1.165, 1.54) is 21.8 Å². The normalized spacial score (nSPS) is 14.3. The average molecular weight is 479 g/mol. The SMILES string of the molecule is CC(C)[C@H](NC(=O)OCc1ccccc1)C(=O)Nc1nc2c(s1)CN(Cc1ccccc1)CC2. The van der Waals surface area contributed by atoms with Gasteiger partial charge in [0.25, 0.3) is 0 Å². The molecule has 2 aromatic carbocycles. The molecule has 0 unspecified atom stereocenters. The minimum absolute atomic E-state index is 0.111. The fraction of sp³-hybridized carbons (Fsp3) is 0.346. The lowest BCUT2D eigenvalue weighted by Gasteiger charge is -2.25. The molecule has 0 bridgehead atoms. The number of nitrogens with one attached hydrogen (secondary N) is 2. The summed E-state index contributed by atoms with van der Waals surface area (Å²) in [7, 11) is 0. The van der Waals surface area contributed by atoms with Gasteiger partial charge in [-0.1, -0.05) is 74.5 Å². The quantitative estimate of drug-likeness (QED) is 0.495. The lowest BCUT2D eigenvalue weighted by molar-refractivity contribution is -0.119. The first-order valence-corrected chi connectivity index (χ1v) is 12.3. The molecule has 0 fully saturated rings. The van der Waals surface area contributed by atoms with Gasteiger partial charge < -0.3 is 15.4 Å². The molecular formula is C26H30N4O3S. The molecule has 0 aliphatic carbocycles. The fourth-order valence-corrected chi connectivity index (χ4v) is 4.94. The summed E-state index contributed by atoms with van der Waals surface area (Å²) in [5.41, 5.74) is 3.22. The number of anilines is 1. The van der Waals surface area contributed by atoms with Crippen LogP contribution in [0.1, 0.15) is 35.5 Å². The van der Waals surface area contributed by atoms with Crippen molar-refractivity contribution in [2.75, 3.05) is 11.9 Å². The minimum Gasteiger partial charge on any atom is -0.445 e. The van der Waals surface area contributed by atoms with Gasteiger partial charge in [0.15, 0.2) is 5.13 Å². The van der Waals surface area contributed by atoms with Crippen LogP contribution >= 0.6 is 11.3 Å². The van der Waals surface area contributed by atoms with Gasteiger partial charge in [-0.15, -0.1) is 11.3 Å². The highest BCUT2D eigenvalue weighted by atomic mass is 32.1. The Labute approximate surface area is 204 Å². The number of aromatic nitrogens is 1. The number of alkyl carbamates (subject to hydrolysis) is 1. The van der Waals surface area contributed by atoms with E-state index in [2.05, 4.69) is 44.8 Å². The minimum atomic E-state index is -0.723. The van der Waals surface area contributed by atoms with Gasteiger partial charge in [0, 0.05) is 30.9 Å². The van der Waals surface area contributed by atoms with Crippen LogP contribution in [0.25, 0.3) is 0 Å². The summed E-state index contributed by atoms with van der Waals surface area (Å²) in [6, 6.07) is 19.1. The van der Waals surface area contributed by atoms with Crippen molar-refractivity contribution in [3.63, 3.8) is 0 Å². The Hall–Kier alpha value is -3.23. The highest BCUT2D eigenvalue weighted by Gasteiger charge is 2.27. The largest absolute Gasteiger partial charge is 0.445 e. The third-order valence-electron chi connectivity index (χ3n) is 5.72. The van der Waals surface area contributed by atoms with Gasteiger partial charge in [0.05, 0.1) is 5.69 Å². The van der Waals surface area contributed by atoms with Gasteiger partial charge in [-0.3, -0.25) is 9.69 Å². The van der Waals surface area contributed by atoms with E-state index in [-0.39, 0.29) is 18.4 Å². The molecule has 0 saturated carbocycles. The van der Waals surface area contributed by atoms with Crippen molar-refractivity contribution in [2.24, 2.45) is 5.92 Å². The summed E-state index contributed by atoms with van der Waals surface area (Å²) in [5, 5.41) is 6.17. The number of carbonyl (C=O) groups is 2. The summed E-state index contributed by atoms with van der Waals surface area (Å²) < 4.78 is 5.29. The number of nitrogens with zero attached hydrogens (tertiary/aromatic N) is 2. The zero-order valence-electron chi connectivity index (χ0n) is 19.5. The van der Waals surface area contributed by atoms with Gasteiger partial charge >= 0.3 is 6.09 Å².